The number of Topliss-reactive ketones (excluding diaryl/α,β-unsaturated/α-hetero) is 1. The van der Waals surface area contributed by atoms with Gasteiger partial charge in [-0.3, -0.25) is 4.79 Å². The fourth-order valence-electron chi connectivity index (χ4n) is 2.57. The van der Waals surface area contributed by atoms with Gasteiger partial charge in [-0.2, -0.15) is 0 Å². The van der Waals surface area contributed by atoms with Crippen molar-refractivity contribution in [2.75, 3.05) is 0 Å². The zero-order valence-electron chi connectivity index (χ0n) is 11.9. The molecule has 0 unspecified atom stereocenters. The van der Waals surface area contributed by atoms with Gasteiger partial charge in [-0.05, 0) is 106 Å². The molecule has 1 fully saturated rings. The summed E-state index contributed by atoms with van der Waals surface area (Å²) in [6.07, 6.45) is 5.72. The molecule has 0 spiro atoms. The largest absolute Gasteiger partial charge is 0.289 e. The molecule has 1 saturated carbocycles. The van der Waals surface area contributed by atoms with E-state index in [2.05, 4.69) is 69.4 Å². The molecule has 2 aromatic carbocycles. The molecule has 110 valence electrons. The van der Waals surface area contributed by atoms with E-state index in [0.29, 0.717) is 0 Å². The highest BCUT2D eigenvalue weighted by atomic mass is 127. The summed E-state index contributed by atoms with van der Waals surface area (Å²) in [5.74, 6) is 0.192. The lowest BCUT2D eigenvalue weighted by Crippen LogP contribution is -1.95. The predicted octanol–water partition coefficient (Wildman–Crippen LogP) is 5.73. The second kappa shape index (κ2) is 7.08. The van der Waals surface area contributed by atoms with Crippen LogP contribution in [0.1, 0.15) is 24.0 Å². The highest BCUT2D eigenvalue weighted by molar-refractivity contribution is 14.1. The second-order valence-electron chi connectivity index (χ2n) is 5.28. The monoisotopic (exact) mass is 512 g/mol. The maximum Gasteiger partial charge on any atom is 0.185 e. The number of carbonyl (C=O) groups excluding carboxylic acids is 1. The van der Waals surface area contributed by atoms with Gasteiger partial charge in [-0.1, -0.05) is 24.3 Å². The van der Waals surface area contributed by atoms with E-state index in [-0.39, 0.29) is 5.78 Å². The van der Waals surface area contributed by atoms with Gasteiger partial charge in [0.25, 0.3) is 0 Å². The molecule has 0 atom stereocenters. The van der Waals surface area contributed by atoms with Crippen molar-refractivity contribution in [3.05, 3.63) is 77.9 Å². The highest BCUT2D eigenvalue weighted by Crippen LogP contribution is 2.29. The molecule has 0 aromatic heterocycles. The SMILES string of the molecule is O=C1C(=Cc2cccc(I)c2)CCC1=Cc1cccc(I)c1. The van der Waals surface area contributed by atoms with Crippen LogP contribution in [0.25, 0.3) is 12.2 Å². The summed E-state index contributed by atoms with van der Waals surface area (Å²) < 4.78 is 2.37. The van der Waals surface area contributed by atoms with Gasteiger partial charge in [0.15, 0.2) is 5.78 Å². The number of carbonyl (C=O) groups is 1. The lowest BCUT2D eigenvalue weighted by atomic mass is 10.1. The zero-order valence-corrected chi connectivity index (χ0v) is 16.2. The minimum absolute atomic E-state index is 0.192. The Morgan fingerprint density at radius 1 is 0.773 bits per heavy atom. The number of hydrogen-bond acceptors (Lipinski definition) is 1. The lowest BCUT2D eigenvalue weighted by Gasteiger charge is -1.99. The van der Waals surface area contributed by atoms with Crippen LogP contribution in [-0.4, -0.2) is 5.78 Å². The molecule has 1 nitrogen and oxygen atoms in total. The van der Waals surface area contributed by atoms with E-state index in [1.165, 1.54) is 7.14 Å². The van der Waals surface area contributed by atoms with Crippen LogP contribution in [0.4, 0.5) is 0 Å². The normalized spacial score (nSPS) is 18.4. The minimum Gasteiger partial charge on any atom is -0.289 e. The van der Waals surface area contributed by atoms with Crippen molar-refractivity contribution in [3.63, 3.8) is 0 Å². The van der Waals surface area contributed by atoms with E-state index in [9.17, 15) is 4.79 Å². The fraction of sp³-hybridized carbons (Fsp3) is 0.105. The quantitative estimate of drug-likeness (QED) is 0.372. The number of hydrogen-bond donors (Lipinski definition) is 0. The molecule has 0 saturated heterocycles. The molecular weight excluding hydrogens is 498 g/mol. The fourth-order valence-corrected chi connectivity index (χ4v) is 3.71. The molecule has 22 heavy (non-hydrogen) atoms. The molecule has 0 N–H and O–H groups in total. The topological polar surface area (TPSA) is 17.1 Å². The maximum absolute atomic E-state index is 12.5. The first-order chi connectivity index (χ1) is 10.6. The maximum atomic E-state index is 12.5. The number of halogens is 2. The summed E-state index contributed by atoms with van der Waals surface area (Å²) in [6.45, 7) is 0. The zero-order chi connectivity index (χ0) is 15.5. The average molecular weight is 512 g/mol. The van der Waals surface area contributed by atoms with Crippen molar-refractivity contribution >= 4 is 63.1 Å². The van der Waals surface area contributed by atoms with Crippen LogP contribution in [0.15, 0.2) is 59.7 Å². The van der Waals surface area contributed by atoms with Crippen LogP contribution in [0.3, 0.4) is 0 Å². The number of allylic oxidation sites excluding steroid dienone is 2. The first-order valence-corrected chi connectivity index (χ1v) is 9.24. The molecule has 0 radical (unpaired) electrons. The smallest absolute Gasteiger partial charge is 0.185 e. The standard InChI is InChI=1S/C19H14I2O/c20-17-5-1-3-13(11-17)9-15-7-8-16(19(15)22)10-14-4-2-6-18(21)12-14/h1-6,9-12H,7-8H2. The minimum atomic E-state index is 0.192. The summed E-state index contributed by atoms with van der Waals surface area (Å²) in [5.41, 5.74) is 4.04. The predicted molar refractivity (Wildman–Crippen MR) is 109 cm³/mol. The van der Waals surface area contributed by atoms with E-state index < -0.39 is 0 Å². The molecule has 3 heteroatoms. The summed E-state index contributed by atoms with van der Waals surface area (Å²) in [5, 5.41) is 0. The van der Waals surface area contributed by atoms with E-state index in [1.807, 2.05) is 36.4 Å². The van der Waals surface area contributed by atoms with Crippen molar-refractivity contribution in [3.8, 4) is 0 Å². The van der Waals surface area contributed by atoms with Gasteiger partial charge in [0.05, 0.1) is 0 Å². The molecule has 2 aromatic rings. The van der Waals surface area contributed by atoms with E-state index in [0.717, 1.165) is 35.1 Å². The third kappa shape index (κ3) is 3.87. The van der Waals surface area contributed by atoms with E-state index in [1.54, 1.807) is 0 Å². The van der Waals surface area contributed by atoms with Crippen LogP contribution < -0.4 is 0 Å². The summed E-state index contributed by atoms with van der Waals surface area (Å²) >= 11 is 4.59. The van der Waals surface area contributed by atoms with Gasteiger partial charge >= 0.3 is 0 Å². The summed E-state index contributed by atoms with van der Waals surface area (Å²) in [7, 11) is 0. The number of benzene rings is 2. The highest BCUT2D eigenvalue weighted by Gasteiger charge is 2.22. The van der Waals surface area contributed by atoms with Crippen LogP contribution in [0.5, 0.6) is 0 Å². The Morgan fingerprint density at radius 2 is 1.23 bits per heavy atom. The molecular formula is C19H14I2O. The Morgan fingerprint density at radius 3 is 1.64 bits per heavy atom. The Bertz CT molecular complexity index is 722. The third-order valence-electron chi connectivity index (χ3n) is 3.63. The molecule has 3 rings (SSSR count). The Balaban J connectivity index is 1.86. The third-order valence-corrected chi connectivity index (χ3v) is 4.97. The van der Waals surface area contributed by atoms with Gasteiger partial charge in [0.2, 0.25) is 0 Å². The molecule has 1 aliphatic carbocycles. The van der Waals surface area contributed by atoms with Crippen molar-refractivity contribution in [1.29, 1.82) is 0 Å². The lowest BCUT2D eigenvalue weighted by molar-refractivity contribution is -0.111. The van der Waals surface area contributed by atoms with E-state index >= 15 is 0 Å². The molecule has 0 heterocycles. The van der Waals surface area contributed by atoms with Crippen LogP contribution >= 0.6 is 45.2 Å². The van der Waals surface area contributed by atoms with Gasteiger partial charge in [0, 0.05) is 18.3 Å². The Hall–Kier alpha value is -0.950. The van der Waals surface area contributed by atoms with Crippen LogP contribution in [0, 0.1) is 7.14 Å². The van der Waals surface area contributed by atoms with Crippen molar-refractivity contribution in [2.45, 2.75) is 12.8 Å². The first kappa shape index (κ1) is 15.9. The van der Waals surface area contributed by atoms with Gasteiger partial charge in [0.1, 0.15) is 0 Å². The first-order valence-electron chi connectivity index (χ1n) is 7.09. The van der Waals surface area contributed by atoms with Gasteiger partial charge < -0.3 is 0 Å². The average Bonchev–Trinajstić information content (AvgIpc) is 2.80. The van der Waals surface area contributed by atoms with Crippen LogP contribution in [0.2, 0.25) is 0 Å². The van der Waals surface area contributed by atoms with Crippen LogP contribution in [-0.2, 0) is 4.79 Å². The molecule has 1 aliphatic rings. The molecule has 0 bridgehead atoms. The van der Waals surface area contributed by atoms with Crippen molar-refractivity contribution in [1.82, 2.24) is 0 Å². The number of ketones is 1. The number of rotatable bonds is 2. The Labute approximate surface area is 157 Å². The van der Waals surface area contributed by atoms with E-state index in [4.69, 9.17) is 0 Å². The van der Waals surface area contributed by atoms with Crippen molar-refractivity contribution < 1.29 is 4.79 Å². The molecule has 0 aliphatic heterocycles. The van der Waals surface area contributed by atoms with Gasteiger partial charge in [-0.25, -0.2) is 0 Å². The second-order valence-corrected chi connectivity index (χ2v) is 7.77. The summed E-state index contributed by atoms with van der Waals surface area (Å²) in [6, 6.07) is 16.5. The van der Waals surface area contributed by atoms with Crippen molar-refractivity contribution in [2.24, 2.45) is 0 Å². The Kier molecular flexibility index (Phi) is 5.13. The summed E-state index contributed by atoms with van der Waals surface area (Å²) in [4.78, 5) is 12.5. The van der Waals surface area contributed by atoms with Gasteiger partial charge in [-0.15, -0.1) is 0 Å². The molecule has 0 amide bonds.